The molecule has 0 atom stereocenters. The van der Waals surface area contributed by atoms with E-state index in [0.29, 0.717) is 127 Å². The number of hydrogen-bond acceptors (Lipinski definition) is 27. The van der Waals surface area contributed by atoms with E-state index in [2.05, 4.69) is 87.6 Å². The van der Waals surface area contributed by atoms with Crippen molar-refractivity contribution in [2.24, 2.45) is 25.0 Å². The van der Waals surface area contributed by atoms with Crippen molar-refractivity contribution in [2.45, 2.75) is 56.8 Å². The average Bonchev–Trinajstić information content (AvgIpc) is 1.27. The number of benzene rings is 12. The van der Waals surface area contributed by atoms with Gasteiger partial charge in [-0.25, -0.2) is 33.7 Å². The summed E-state index contributed by atoms with van der Waals surface area (Å²) < 4.78 is 173. The molecule has 698 valence electrons. The van der Waals surface area contributed by atoms with Gasteiger partial charge in [-0.05, 0) is 110 Å². The molecule has 0 fully saturated rings. The van der Waals surface area contributed by atoms with Gasteiger partial charge in [-0.15, -0.1) is 25.2 Å². The molecule has 0 radical (unpaired) electrons. The number of fused-ring (bicyclic) bond motifs is 6. The molecule has 0 bridgehead atoms. The van der Waals surface area contributed by atoms with Gasteiger partial charge in [-0.3, -0.25) is 18.8 Å². The van der Waals surface area contributed by atoms with E-state index in [1.165, 1.54) is 54.6 Å². The molecule has 0 aliphatic rings. The second kappa shape index (κ2) is 57.0. The number of anilines is 6. The SMILES string of the molecule is CB(O)NCCNc1cccc2c(S(=O)(=O)Cl)cccc12.CB(O)NCCNc1cccc2c(S(=O)(=O)N=[N+]=[N-])cccc12.CB(O)NCCNc1cccc2c(S(=O)(=O)O)cccc12.CC(=O)NCCNc1cccc2c(S(=O)(=O)N=[N+]=[N-])cccc12.Cl.NCCNc1cccc2c(S(=O)(=O)O)cccc12.[2H]C#C.[N-]=[N+]=NS(=O)(=O)c1cccc2c(NCCN)cccc12.[N-]=[N+]=[N-].[Na+]. The van der Waals surface area contributed by atoms with Gasteiger partial charge < -0.3 is 90.5 Å². The molecule has 133 heavy (non-hydrogen) atoms. The van der Waals surface area contributed by atoms with Crippen molar-refractivity contribution in [3.63, 3.8) is 0 Å². The molecular formula is C79H94B3Cl2N24NaO18S6. The number of azide groups is 3. The number of hydrogen-bond donors (Lipinski definition) is 17. The third-order valence-electron chi connectivity index (χ3n) is 17.8. The zero-order valence-electron chi connectivity index (χ0n) is 72.9. The Morgan fingerprint density at radius 3 is 0.759 bits per heavy atom. The summed E-state index contributed by atoms with van der Waals surface area (Å²) in [6, 6.07) is 60.3. The smallest absolute Gasteiger partial charge is 0.437 e. The Labute approximate surface area is 803 Å². The van der Waals surface area contributed by atoms with Crippen LogP contribution in [0.25, 0.3) is 112 Å². The second-order valence-corrected chi connectivity index (χ2v) is 36.8. The Morgan fingerprint density at radius 2 is 0.556 bits per heavy atom. The van der Waals surface area contributed by atoms with Gasteiger partial charge in [0.1, 0.15) is 11.2 Å². The van der Waals surface area contributed by atoms with Crippen molar-refractivity contribution in [3.05, 3.63) is 266 Å². The maximum atomic E-state index is 12.0. The van der Waals surface area contributed by atoms with Gasteiger partial charge in [0.05, 0.1) is 19.6 Å². The van der Waals surface area contributed by atoms with E-state index >= 15 is 0 Å². The van der Waals surface area contributed by atoms with Crippen LogP contribution in [-0.2, 0) is 64.2 Å². The van der Waals surface area contributed by atoms with Crippen molar-refractivity contribution >= 4 is 208 Å². The van der Waals surface area contributed by atoms with Crippen molar-refractivity contribution in [2.75, 3.05) is 110 Å². The fourth-order valence-corrected chi connectivity index (χ4v) is 17.7. The molecule has 0 heterocycles. The van der Waals surface area contributed by atoms with Crippen LogP contribution < -0.4 is 93.9 Å². The molecule has 0 aliphatic heterocycles. The Morgan fingerprint density at radius 1 is 0.368 bits per heavy atom. The fraction of sp³-hybridized carbons (Fsp3) is 0.203. The molecule has 1 amide bonds. The van der Waals surface area contributed by atoms with Crippen LogP contribution in [0, 0.1) is 12.8 Å². The van der Waals surface area contributed by atoms with E-state index < -0.39 is 80.5 Å². The molecule has 0 aliphatic carbocycles. The number of halogens is 2. The monoisotopic (exact) mass is 1990 g/mol. The predicted molar refractivity (Wildman–Crippen MR) is 526 cm³/mol. The minimum Gasteiger partial charge on any atom is -0.437 e. The summed E-state index contributed by atoms with van der Waals surface area (Å²) in [6.07, 6.45) is 5.76. The Hall–Kier alpha value is -11.7. The van der Waals surface area contributed by atoms with Crippen molar-refractivity contribution in [1.29, 1.82) is 0 Å². The van der Waals surface area contributed by atoms with Gasteiger partial charge in [-0.1, -0.05) is 146 Å². The third-order valence-corrected chi connectivity index (χ3v) is 24.6. The zero-order valence-corrected chi connectivity index (χ0v) is 80.4. The molecule has 54 heteroatoms. The maximum absolute atomic E-state index is 12.0. The van der Waals surface area contributed by atoms with E-state index in [-0.39, 0.29) is 77.2 Å². The van der Waals surface area contributed by atoms with Crippen LogP contribution in [0.2, 0.25) is 20.5 Å². The van der Waals surface area contributed by atoms with E-state index in [1.807, 2.05) is 36.4 Å². The summed E-state index contributed by atoms with van der Waals surface area (Å²) in [7, 11) is -20.7. The molecule has 0 saturated heterocycles. The Bertz CT molecular complexity index is 6860. The van der Waals surface area contributed by atoms with Gasteiger partial charge in [0.25, 0.3) is 59.4 Å². The number of nitrogens with zero attached hydrogens (tertiary/aromatic N) is 12. The summed E-state index contributed by atoms with van der Waals surface area (Å²) in [5.74, 6) is -0.118. The summed E-state index contributed by atoms with van der Waals surface area (Å²) >= 11 is 0. The summed E-state index contributed by atoms with van der Waals surface area (Å²) in [6.45, 7) is 12.8. The maximum Gasteiger partial charge on any atom is 1.00 e. The number of carbonyl (C=O) groups excluding carboxylic acids is 1. The van der Waals surface area contributed by atoms with Crippen LogP contribution in [0.1, 0.15) is 8.29 Å². The van der Waals surface area contributed by atoms with Crippen molar-refractivity contribution in [3.8, 4) is 12.8 Å². The summed E-state index contributed by atoms with van der Waals surface area (Å²) in [4.78, 5) is 19.3. The first-order valence-electron chi connectivity index (χ1n) is 39.3. The Kier molecular flexibility index (Phi) is 48.8. The number of carbonyl (C=O) groups is 1. The van der Waals surface area contributed by atoms with Crippen LogP contribution in [-0.4, -0.2) is 180 Å². The number of sulfonamides is 3. The van der Waals surface area contributed by atoms with E-state index in [1.54, 1.807) is 166 Å². The molecule has 12 aromatic rings. The van der Waals surface area contributed by atoms with Gasteiger partial charge in [0.2, 0.25) is 5.91 Å². The zero-order chi connectivity index (χ0) is 97.8. The van der Waals surface area contributed by atoms with Crippen molar-refractivity contribution < 1.29 is 110 Å². The van der Waals surface area contributed by atoms with E-state index in [9.17, 15) is 64.4 Å². The fourth-order valence-electron chi connectivity index (χ4n) is 12.5. The molecule has 12 aromatic carbocycles. The number of nitrogens with two attached hydrogens (primary N) is 2. The molecular weight excluding hydrogens is 1890 g/mol. The van der Waals surface area contributed by atoms with E-state index in [4.69, 9.17) is 66.2 Å². The second-order valence-electron chi connectivity index (χ2n) is 26.9. The molecule has 0 aromatic heterocycles. The van der Waals surface area contributed by atoms with Gasteiger partial charge >= 0.3 is 50.7 Å². The first-order valence-corrected chi connectivity index (χ1v) is 48.3. The first-order chi connectivity index (χ1) is 62.7. The van der Waals surface area contributed by atoms with Crippen LogP contribution in [0.15, 0.2) is 261 Å². The van der Waals surface area contributed by atoms with Gasteiger partial charge in [0, 0.05) is 223 Å². The third kappa shape index (κ3) is 36.0. The van der Waals surface area contributed by atoms with Gasteiger partial charge in [-0.2, -0.15) is 16.8 Å². The minimum absolute atomic E-state index is 0. The van der Waals surface area contributed by atoms with Crippen LogP contribution in [0.3, 0.4) is 0 Å². The van der Waals surface area contributed by atoms with Crippen LogP contribution in [0.4, 0.5) is 34.1 Å². The predicted octanol–water partition coefficient (Wildman–Crippen LogP) is 9.62. The number of rotatable bonds is 34. The van der Waals surface area contributed by atoms with Crippen molar-refractivity contribution in [1.82, 2.24) is 21.0 Å². The number of terminal acetylenes is 1. The number of amides is 1. The van der Waals surface area contributed by atoms with Crippen LogP contribution in [0.5, 0.6) is 0 Å². The molecule has 0 spiro atoms. The quantitative estimate of drug-likeness (QED) is 0.00261. The summed E-state index contributed by atoms with van der Waals surface area (Å²) in [5, 5.41) is 64.9. The topological polar surface area (TPSA) is 700 Å². The molecule has 42 nitrogen and oxygen atoms in total. The van der Waals surface area contributed by atoms with E-state index in [0.717, 1.165) is 50.3 Å². The molecule has 12 rings (SSSR count). The number of nitrogens with one attached hydrogen (secondary N) is 10. The largest absolute Gasteiger partial charge is 1.00 e. The average molecular weight is 1990 g/mol. The molecule has 19 N–H and O–H groups in total. The Balaban J connectivity index is 0.000000408. The minimum atomic E-state index is -4.26. The normalized spacial score (nSPS) is 10.8. The first kappa shape index (κ1) is 114. The summed E-state index contributed by atoms with van der Waals surface area (Å²) in [5.41, 5.74) is 54.2. The standard InChI is InChI=1S/C14H15N5O3S.C13H16BClN2O3S.C13H16BN5O3S.C13H17BN2O4S.C12H13N5O2S.C12H14N2O3S.C2H2.ClH.N3.Na/c1-10(20)16-8-9-17-13-6-2-5-12-11(13)4-3-7-14(12)23(21,22)19-18-15;1-14(18)17-9-8-16-12-6-2-5-11-10(12)4-3-7-13(11)21(15,19)20;1-14(20)17-9-8-16-12-6-2-5-11-10(12)4-3-7-13(11)23(21,22)19-18-15;1-14(17)16-9-8-15-12-6-2-5-11-10(12)4-3-7-13(11)21(18,19)20;13-7-8-15-11-5-1-4-10-9(11)3-2-6-12(10)20(18,19)17-16-14;13-7-8-14-11-5-1-4-10-9(11)3-2-6-12(10)18(15,16)17;1-2;;1-3-2;/h2-7,17H,8-9H2,1H3,(H,16,20);2-7,16-18H,8-9H2,1H3;2-7,16-17,20H,8-9H2,1H3;2-7,15-17H,8-9H2,1H3,(H,18,19,20);1-6,15H,7-8,13H2;1-6,14H,7-8,13H2,(H,15,16,17);1-2H;1H;;/q;;;;;;;;-1;+1/i;;;;;;1D;;;. The molecule has 0 unspecified atom stereocenters. The van der Waals surface area contributed by atoms with Crippen LogP contribution >= 0.6 is 23.1 Å². The molecule has 0 saturated carbocycles. The van der Waals surface area contributed by atoms with Gasteiger partial charge in [0.15, 0.2) is 0 Å².